The standard InChI is InChI=1S/C10H14N2O5S/c1-18(15,16)11-7-4-8(12(13)14)6-10(5-7)17-9-2-3-9/h5-6,8-9,11H,2-4H2,1H3. The van der Waals surface area contributed by atoms with E-state index in [9.17, 15) is 18.5 Å². The third-order valence-corrected chi connectivity index (χ3v) is 3.15. The molecule has 2 rings (SSSR count). The van der Waals surface area contributed by atoms with E-state index in [1.54, 1.807) is 0 Å². The molecule has 1 fully saturated rings. The maximum absolute atomic E-state index is 11.1. The van der Waals surface area contributed by atoms with Crippen LogP contribution < -0.4 is 4.72 Å². The predicted molar refractivity (Wildman–Crippen MR) is 63.7 cm³/mol. The van der Waals surface area contributed by atoms with Gasteiger partial charge in [-0.25, -0.2) is 8.42 Å². The van der Waals surface area contributed by atoms with Crippen LogP contribution in [0.5, 0.6) is 0 Å². The molecule has 0 radical (unpaired) electrons. The van der Waals surface area contributed by atoms with Crippen LogP contribution in [0.3, 0.4) is 0 Å². The molecule has 0 amide bonds. The average Bonchev–Trinajstić information content (AvgIpc) is 2.98. The fraction of sp³-hybridized carbons (Fsp3) is 0.600. The summed E-state index contributed by atoms with van der Waals surface area (Å²) in [7, 11) is -3.43. The minimum Gasteiger partial charge on any atom is -0.490 e. The summed E-state index contributed by atoms with van der Waals surface area (Å²) < 4.78 is 30.0. The normalized spacial score (nSPS) is 23.9. The Balaban J connectivity index is 2.15. The first-order chi connectivity index (χ1) is 8.33. The monoisotopic (exact) mass is 274 g/mol. The Morgan fingerprint density at radius 1 is 1.50 bits per heavy atom. The first-order valence-electron chi connectivity index (χ1n) is 5.54. The van der Waals surface area contributed by atoms with Crippen LogP contribution in [0.4, 0.5) is 0 Å². The number of ether oxygens (including phenoxy) is 1. The Hall–Kier alpha value is -1.57. The number of sulfonamides is 1. The molecule has 0 aromatic rings. The minimum atomic E-state index is -3.43. The van der Waals surface area contributed by atoms with E-state index in [1.807, 2.05) is 0 Å². The average molecular weight is 274 g/mol. The summed E-state index contributed by atoms with van der Waals surface area (Å²) >= 11 is 0. The number of hydrogen-bond acceptors (Lipinski definition) is 5. The SMILES string of the molecule is CS(=O)(=O)NC1=CC(OC2CC2)=CC([N+](=O)[O-])C1. The fourth-order valence-corrected chi connectivity index (χ4v) is 2.27. The molecule has 18 heavy (non-hydrogen) atoms. The van der Waals surface area contributed by atoms with Gasteiger partial charge in [0.1, 0.15) is 5.76 Å². The zero-order valence-corrected chi connectivity index (χ0v) is 10.6. The Morgan fingerprint density at radius 3 is 2.67 bits per heavy atom. The summed E-state index contributed by atoms with van der Waals surface area (Å²) in [6.45, 7) is 0. The van der Waals surface area contributed by atoms with Crippen molar-refractivity contribution in [3.63, 3.8) is 0 Å². The van der Waals surface area contributed by atoms with Gasteiger partial charge in [-0.05, 0) is 12.8 Å². The molecule has 2 aliphatic carbocycles. The van der Waals surface area contributed by atoms with Gasteiger partial charge < -0.3 is 4.74 Å². The highest BCUT2D eigenvalue weighted by Gasteiger charge is 2.29. The summed E-state index contributed by atoms with van der Waals surface area (Å²) in [6.07, 6.45) is 5.95. The van der Waals surface area contributed by atoms with Gasteiger partial charge in [0.05, 0.1) is 18.8 Å². The van der Waals surface area contributed by atoms with Crippen LogP contribution in [-0.2, 0) is 14.8 Å². The van der Waals surface area contributed by atoms with Crippen LogP contribution in [0.1, 0.15) is 19.3 Å². The van der Waals surface area contributed by atoms with Crippen molar-refractivity contribution in [3.8, 4) is 0 Å². The van der Waals surface area contributed by atoms with Crippen LogP contribution in [0.25, 0.3) is 0 Å². The van der Waals surface area contributed by atoms with Crippen molar-refractivity contribution < 1.29 is 18.1 Å². The van der Waals surface area contributed by atoms with Crippen molar-refractivity contribution in [1.82, 2.24) is 4.72 Å². The van der Waals surface area contributed by atoms with Crippen molar-refractivity contribution in [2.75, 3.05) is 6.26 Å². The minimum absolute atomic E-state index is 0.0254. The Bertz CT molecular complexity index is 518. The first-order valence-corrected chi connectivity index (χ1v) is 7.43. The van der Waals surface area contributed by atoms with Crippen LogP contribution in [0, 0.1) is 10.1 Å². The molecule has 0 aromatic heterocycles. The lowest BCUT2D eigenvalue weighted by Crippen LogP contribution is -2.29. The van der Waals surface area contributed by atoms with E-state index >= 15 is 0 Å². The summed E-state index contributed by atoms with van der Waals surface area (Å²) in [5.74, 6) is 0.372. The lowest BCUT2D eigenvalue weighted by atomic mass is 10.1. The third-order valence-electron chi connectivity index (χ3n) is 2.52. The molecule has 0 bridgehead atoms. The molecule has 0 heterocycles. The number of hydrogen-bond donors (Lipinski definition) is 1. The van der Waals surface area contributed by atoms with Crippen LogP contribution in [-0.4, -0.2) is 31.7 Å². The highest BCUT2D eigenvalue weighted by Crippen LogP contribution is 2.29. The molecular formula is C10H14N2O5S. The van der Waals surface area contributed by atoms with Gasteiger partial charge in [-0.2, -0.15) is 0 Å². The largest absolute Gasteiger partial charge is 0.490 e. The summed E-state index contributed by atoms with van der Waals surface area (Å²) in [5.41, 5.74) is 0.289. The second-order valence-corrected chi connectivity index (χ2v) is 6.24. The summed E-state index contributed by atoms with van der Waals surface area (Å²) in [5, 5.41) is 10.8. The molecule has 8 heteroatoms. The van der Waals surface area contributed by atoms with Gasteiger partial charge in [0.2, 0.25) is 16.1 Å². The van der Waals surface area contributed by atoms with Gasteiger partial charge in [-0.3, -0.25) is 14.8 Å². The molecule has 0 spiro atoms. The number of nitro groups is 1. The maximum Gasteiger partial charge on any atom is 0.240 e. The lowest BCUT2D eigenvalue weighted by molar-refractivity contribution is -0.509. The molecule has 1 N–H and O–H groups in total. The Kier molecular flexibility index (Phi) is 3.29. The van der Waals surface area contributed by atoms with Crippen molar-refractivity contribution in [2.45, 2.75) is 31.4 Å². The zero-order chi connectivity index (χ0) is 13.3. The highest BCUT2D eigenvalue weighted by atomic mass is 32.2. The third kappa shape index (κ3) is 3.73. The van der Waals surface area contributed by atoms with Gasteiger partial charge in [-0.15, -0.1) is 0 Å². The maximum atomic E-state index is 11.1. The van der Waals surface area contributed by atoms with E-state index in [0.717, 1.165) is 19.1 Å². The van der Waals surface area contributed by atoms with E-state index in [-0.39, 0.29) is 18.2 Å². The molecule has 1 saturated carbocycles. The number of rotatable bonds is 5. The van der Waals surface area contributed by atoms with E-state index in [0.29, 0.717) is 5.76 Å². The zero-order valence-electron chi connectivity index (χ0n) is 9.83. The van der Waals surface area contributed by atoms with Crippen LogP contribution in [0.15, 0.2) is 23.6 Å². The van der Waals surface area contributed by atoms with E-state index in [2.05, 4.69) is 4.72 Å². The predicted octanol–water partition coefficient (Wildman–Crippen LogP) is 0.531. The fourth-order valence-electron chi connectivity index (χ4n) is 1.65. The Morgan fingerprint density at radius 2 is 2.17 bits per heavy atom. The molecule has 0 aromatic carbocycles. The van der Waals surface area contributed by atoms with Gasteiger partial charge in [0.25, 0.3) is 0 Å². The van der Waals surface area contributed by atoms with Gasteiger partial charge in [-0.1, -0.05) is 0 Å². The van der Waals surface area contributed by atoms with E-state index < -0.39 is 21.0 Å². The molecule has 100 valence electrons. The van der Waals surface area contributed by atoms with Crippen LogP contribution >= 0.6 is 0 Å². The molecule has 7 nitrogen and oxygen atoms in total. The second-order valence-electron chi connectivity index (χ2n) is 4.49. The second kappa shape index (κ2) is 4.60. The number of nitrogens with zero attached hydrogens (tertiary/aromatic N) is 1. The molecular weight excluding hydrogens is 260 g/mol. The molecule has 0 saturated heterocycles. The van der Waals surface area contributed by atoms with Crippen LogP contribution in [0.2, 0.25) is 0 Å². The molecule has 2 aliphatic rings. The van der Waals surface area contributed by atoms with Crippen molar-refractivity contribution in [2.24, 2.45) is 0 Å². The molecule has 0 aliphatic heterocycles. The molecule has 1 atom stereocenters. The number of allylic oxidation sites excluding steroid dienone is 1. The topological polar surface area (TPSA) is 98.5 Å². The van der Waals surface area contributed by atoms with Crippen molar-refractivity contribution in [1.29, 1.82) is 0 Å². The lowest BCUT2D eigenvalue weighted by Gasteiger charge is -2.17. The molecule has 1 unspecified atom stereocenters. The Labute approximate surface area is 105 Å². The van der Waals surface area contributed by atoms with Gasteiger partial charge in [0, 0.05) is 22.8 Å². The highest BCUT2D eigenvalue weighted by molar-refractivity contribution is 7.88. The first kappa shape index (κ1) is 12.9. The van der Waals surface area contributed by atoms with Crippen molar-refractivity contribution >= 4 is 10.0 Å². The van der Waals surface area contributed by atoms with Crippen molar-refractivity contribution in [3.05, 3.63) is 33.7 Å². The quantitative estimate of drug-likeness (QED) is 0.582. The van der Waals surface area contributed by atoms with Gasteiger partial charge >= 0.3 is 0 Å². The van der Waals surface area contributed by atoms with E-state index in [1.165, 1.54) is 12.2 Å². The van der Waals surface area contributed by atoms with Gasteiger partial charge in [0.15, 0.2) is 0 Å². The summed E-state index contributed by atoms with van der Waals surface area (Å²) in [4.78, 5) is 10.4. The smallest absolute Gasteiger partial charge is 0.240 e. The van der Waals surface area contributed by atoms with E-state index in [4.69, 9.17) is 4.74 Å². The summed E-state index contributed by atoms with van der Waals surface area (Å²) in [6, 6.07) is -0.951. The number of nitrogens with one attached hydrogen (secondary N) is 1.